The number of rotatable bonds is 8. The molecule has 1 saturated carbocycles. The highest BCUT2D eigenvalue weighted by Crippen LogP contribution is 2.26. The van der Waals surface area contributed by atoms with E-state index in [1.807, 2.05) is 0 Å². The van der Waals surface area contributed by atoms with Crippen LogP contribution in [0.4, 0.5) is 4.39 Å². The van der Waals surface area contributed by atoms with Crippen molar-refractivity contribution in [1.82, 2.24) is 9.21 Å². The maximum absolute atomic E-state index is 14.2. The van der Waals surface area contributed by atoms with Gasteiger partial charge in [-0.2, -0.15) is 4.31 Å². The Labute approximate surface area is 178 Å². The highest BCUT2D eigenvalue weighted by Gasteiger charge is 2.28. The zero-order chi connectivity index (χ0) is 22.5. The molecule has 0 N–H and O–H groups in total. The van der Waals surface area contributed by atoms with Crippen LogP contribution in [-0.2, 0) is 19.6 Å². The van der Waals surface area contributed by atoms with Crippen molar-refractivity contribution in [3.63, 3.8) is 0 Å². The average Bonchev–Trinajstić information content (AvgIpc) is 2.72. The van der Waals surface area contributed by atoms with E-state index in [2.05, 4.69) is 6.92 Å². The smallest absolute Gasteiger partial charge is 0.338 e. The van der Waals surface area contributed by atoms with Crippen molar-refractivity contribution in [2.75, 3.05) is 26.7 Å². The lowest BCUT2D eigenvalue weighted by molar-refractivity contribution is -0.136. The van der Waals surface area contributed by atoms with Crippen LogP contribution in [0.15, 0.2) is 23.1 Å². The van der Waals surface area contributed by atoms with Crippen LogP contribution >= 0.6 is 0 Å². The van der Waals surface area contributed by atoms with Crippen LogP contribution in [0.25, 0.3) is 0 Å². The van der Waals surface area contributed by atoms with Crippen molar-refractivity contribution in [2.24, 2.45) is 5.92 Å². The van der Waals surface area contributed by atoms with E-state index in [9.17, 15) is 22.4 Å². The van der Waals surface area contributed by atoms with E-state index < -0.39 is 33.3 Å². The molecule has 1 aromatic carbocycles. The van der Waals surface area contributed by atoms with Crippen LogP contribution in [0, 0.1) is 11.7 Å². The fourth-order valence-corrected chi connectivity index (χ4v) is 5.22. The Bertz CT molecular complexity index is 862. The molecule has 0 unspecified atom stereocenters. The quantitative estimate of drug-likeness (QED) is 0.578. The fraction of sp³-hybridized carbons (Fsp3) is 0.619. The van der Waals surface area contributed by atoms with Crippen molar-refractivity contribution in [3.05, 3.63) is 29.6 Å². The van der Waals surface area contributed by atoms with E-state index in [0.717, 1.165) is 48.2 Å². The number of ether oxygens (including phenoxy) is 1. The number of hydrogen-bond acceptors (Lipinski definition) is 5. The van der Waals surface area contributed by atoms with Gasteiger partial charge in [-0.25, -0.2) is 17.6 Å². The summed E-state index contributed by atoms with van der Waals surface area (Å²) in [5.74, 6) is -1.48. The van der Waals surface area contributed by atoms with Crippen LogP contribution in [0.3, 0.4) is 0 Å². The van der Waals surface area contributed by atoms with Crippen LogP contribution in [-0.4, -0.2) is 62.3 Å². The maximum atomic E-state index is 14.2. The normalized spacial score (nSPS) is 19.5. The lowest BCUT2D eigenvalue weighted by atomic mass is 9.87. The third-order valence-corrected chi connectivity index (χ3v) is 7.81. The molecular weight excluding hydrogens is 411 g/mol. The van der Waals surface area contributed by atoms with E-state index >= 15 is 0 Å². The molecule has 1 aromatic rings. The molecule has 168 valence electrons. The standard InChI is InChI=1S/C21H31FN2O5S/c1-5-24(6-2)30(27,28)19-13-16(9-12-18(19)22)21(26)29-14-20(25)23(4)17-10-7-15(3)8-11-17/h9,12-13,15,17H,5-8,10-11,14H2,1-4H3. The topological polar surface area (TPSA) is 84.0 Å². The Kier molecular flexibility index (Phi) is 8.37. The van der Waals surface area contributed by atoms with Gasteiger partial charge in [0.2, 0.25) is 10.0 Å². The first-order valence-electron chi connectivity index (χ1n) is 10.3. The van der Waals surface area contributed by atoms with Crippen LogP contribution in [0.2, 0.25) is 0 Å². The lowest BCUT2D eigenvalue weighted by Gasteiger charge is -2.33. The molecule has 0 bridgehead atoms. The molecule has 7 nitrogen and oxygen atoms in total. The summed E-state index contributed by atoms with van der Waals surface area (Å²) < 4.78 is 45.6. The zero-order valence-electron chi connectivity index (χ0n) is 18.1. The molecule has 0 atom stereocenters. The second kappa shape index (κ2) is 10.3. The summed E-state index contributed by atoms with van der Waals surface area (Å²) >= 11 is 0. The number of amides is 1. The Balaban J connectivity index is 2.06. The second-order valence-corrected chi connectivity index (χ2v) is 9.64. The van der Waals surface area contributed by atoms with Gasteiger partial charge >= 0.3 is 5.97 Å². The number of halogens is 1. The Hall–Kier alpha value is -2.00. The molecule has 0 saturated heterocycles. The summed E-state index contributed by atoms with van der Waals surface area (Å²) in [6.45, 7) is 5.38. The second-order valence-electron chi connectivity index (χ2n) is 7.73. The molecule has 0 heterocycles. The van der Waals surface area contributed by atoms with Crippen molar-refractivity contribution < 1.29 is 27.1 Å². The van der Waals surface area contributed by atoms with Gasteiger partial charge in [-0.05, 0) is 49.8 Å². The Morgan fingerprint density at radius 3 is 2.30 bits per heavy atom. The van der Waals surface area contributed by atoms with Crippen LogP contribution in [0.1, 0.15) is 56.8 Å². The number of likely N-dealkylation sites (N-methyl/N-ethyl adjacent to an activating group) is 1. The third-order valence-electron chi connectivity index (χ3n) is 5.74. The van der Waals surface area contributed by atoms with Gasteiger partial charge in [-0.1, -0.05) is 20.8 Å². The minimum atomic E-state index is -4.08. The largest absolute Gasteiger partial charge is 0.452 e. The van der Waals surface area contributed by atoms with Crippen LogP contribution < -0.4 is 0 Å². The van der Waals surface area contributed by atoms with Gasteiger partial charge in [0.1, 0.15) is 10.7 Å². The summed E-state index contributed by atoms with van der Waals surface area (Å²) in [5, 5.41) is 0. The minimum absolute atomic E-state index is 0.121. The van der Waals surface area contributed by atoms with Crippen molar-refractivity contribution in [2.45, 2.75) is 57.4 Å². The molecule has 0 radical (unpaired) electrons. The van der Waals surface area contributed by atoms with E-state index in [1.54, 1.807) is 25.8 Å². The number of carbonyl (C=O) groups is 2. The van der Waals surface area contributed by atoms with Crippen LogP contribution in [0.5, 0.6) is 0 Å². The molecule has 0 spiro atoms. The molecule has 9 heteroatoms. The highest BCUT2D eigenvalue weighted by atomic mass is 32.2. The van der Waals surface area contributed by atoms with Crippen molar-refractivity contribution in [3.8, 4) is 0 Å². The fourth-order valence-electron chi connectivity index (χ4n) is 3.68. The Morgan fingerprint density at radius 2 is 1.73 bits per heavy atom. The van der Waals surface area contributed by atoms with Gasteiger partial charge in [-0.15, -0.1) is 0 Å². The van der Waals surface area contributed by atoms with E-state index in [1.165, 1.54) is 0 Å². The molecule has 30 heavy (non-hydrogen) atoms. The molecular formula is C21H31FN2O5S. The van der Waals surface area contributed by atoms with Gasteiger partial charge in [0.05, 0.1) is 5.56 Å². The first-order valence-corrected chi connectivity index (χ1v) is 11.8. The number of hydrogen-bond donors (Lipinski definition) is 0. The SMILES string of the molecule is CCN(CC)S(=O)(=O)c1cc(C(=O)OCC(=O)N(C)C2CCC(C)CC2)ccc1F. The highest BCUT2D eigenvalue weighted by molar-refractivity contribution is 7.89. The Morgan fingerprint density at radius 1 is 1.13 bits per heavy atom. The average molecular weight is 443 g/mol. The van der Waals surface area contributed by atoms with Gasteiger partial charge in [-0.3, -0.25) is 4.79 Å². The first kappa shape index (κ1) is 24.3. The van der Waals surface area contributed by atoms with E-state index in [4.69, 9.17) is 4.74 Å². The van der Waals surface area contributed by atoms with Crippen molar-refractivity contribution in [1.29, 1.82) is 0 Å². The van der Waals surface area contributed by atoms with E-state index in [-0.39, 0.29) is 30.6 Å². The molecule has 1 aliphatic carbocycles. The monoisotopic (exact) mass is 442 g/mol. The van der Waals surface area contributed by atoms with Gasteiger partial charge < -0.3 is 9.64 Å². The molecule has 0 aromatic heterocycles. The molecule has 1 aliphatic rings. The van der Waals surface area contributed by atoms with Gasteiger partial charge in [0.25, 0.3) is 5.91 Å². The summed E-state index contributed by atoms with van der Waals surface area (Å²) in [5.41, 5.74) is -0.121. The molecule has 0 aliphatic heterocycles. The lowest BCUT2D eigenvalue weighted by Crippen LogP contribution is -2.41. The number of carbonyl (C=O) groups excluding carboxylic acids is 2. The molecule has 1 fully saturated rings. The van der Waals surface area contributed by atoms with E-state index in [0.29, 0.717) is 5.92 Å². The predicted molar refractivity (Wildman–Crippen MR) is 111 cm³/mol. The summed E-state index contributed by atoms with van der Waals surface area (Å²) in [7, 11) is -2.38. The third kappa shape index (κ3) is 5.57. The summed E-state index contributed by atoms with van der Waals surface area (Å²) in [6.07, 6.45) is 3.95. The minimum Gasteiger partial charge on any atom is -0.452 e. The van der Waals surface area contributed by atoms with Gasteiger partial charge in [0, 0.05) is 26.2 Å². The molecule has 2 rings (SSSR count). The number of nitrogens with zero attached hydrogens (tertiary/aromatic N) is 2. The summed E-state index contributed by atoms with van der Waals surface area (Å²) in [6, 6.07) is 3.16. The van der Waals surface area contributed by atoms with Gasteiger partial charge in [0.15, 0.2) is 6.61 Å². The summed E-state index contributed by atoms with van der Waals surface area (Å²) in [4.78, 5) is 25.8. The number of sulfonamides is 1. The first-order chi connectivity index (χ1) is 14.1. The number of esters is 1. The maximum Gasteiger partial charge on any atom is 0.338 e. The zero-order valence-corrected chi connectivity index (χ0v) is 18.9. The molecule has 1 amide bonds. The van der Waals surface area contributed by atoms with Crippen molar-refractivity contribution >= 4 is 21.9 Å². The predicted octanol–water partition coefficient (Wildman–Crippen LogP) is 3.05. The number of benzene rings is 1.